The van der Waals surface area contributed by atoms with Crippen LogP contribution in [0.25, 0.3) is 0 Å². The molecule has 164 valence electrons. The van der Waals surface area contributed by atoms with Crippen molar-refractivity contribution in [2.75, 3.05) is 98.7 Å². The second kappa shape index (κ2) is 20.3. The van der Waals surface area contributed by atoms with Gasteiger partial charge in [0.1, 0.15) is 13.5 Å². The number of aliphatic hydroxyl groups excluding tert-OH is 2. The molecule has 0 amide bonds. The molecule has 8 N–H and O–H groups in total. The van der Waals surface area contributed by atoms with Crippen molar-refractivity contribution >= 4 is 0 Å². The van der Waals surface area contributed by atoms with Crippen LogP contribution >= 0.6 is 0 Å². The molecule has 0 aliphatic carbocycles. The number of hydrogen-bond acceptors (Lipinski definition) is 11. The zero-order chi connectivity index (χ0) is 20.2. The van der Waals surface area contributed by atoms with E-state index in [1.807, 2.05) is 11.8 Å². The minimum Gasteiger partial charge on any atom is -0.395 e. The molecule has 0 unspecified atom stereocenters. The lowest BCUT2D eigenvalue weighted by atomic mass is 10.4. The highest BCUT2D eigenvalue weighted by molar-refractivity contribution is 4.58. The van der Waals surface area contributed by atoms with Gasteiger partial charge < -0.3 is 21.7 Å². The zero-order valence-electron chi connectivity index (χ0n) is 16.8. The van der Waals surface area contributed by atoms with Crippen molar-refractivity contribution in [1.29, 1.82) is 0 Å². The van der Waals surface area contributed by atoms with Crippen LogP contribution in [-0.4, -0.2) is 124 Å². The van der Waals surface area contributed by atoms with Gasteiger partial charge in [-0.3, -0.25) is 24.4 Å². The molecule has 0 saturated heterocycles. The Morgan fingerprint density at radius 3 is 1.48 bits per heavy atom. The Kier molecular flexibility index (Phi) is 20.0. The molecule has 0 aliphatic heterocycles. The van der Waals surface area contributed by atoms with Gasteiger partial charge in [-0.05, 0) is 6.54 Å². The summed E-state index contributed by atoms with van der Waals surface area (Å²) < 4.78 is 0. The second-order valence-electron chi connectivity index (χ2n) is 6.03. The van der Waals surface area contributed by atoms with E-state index >= 15 is 0 Å². The molecule has 11 heteroatoms. The fourth-order valence-corrected chi connectivity index (χ4v) is 2.36. The molecule has 27 heavy (non-hydrogen) atoms. The third-order valence-electron chi connectivity index (χ3n) is 3.93. The highest BCUT2D eigenvalue weighted by Crippen LogP contribution is 1.89. The average Bonchev–Trinajstić information content (AvgIpc) is 2.66. The Bertz CT molecular complexity index is 268. The first-order valence-electron chi connectivity index (χ1n) is 9.69. The van der Waals surface area contributed by atoms with Crippen LogP contribution in [0.3, 0.4) is 0 Å². The lowest BCUT2D eigenvalue weighted by molar-refractivity contribution is -0.100. The summed E-state index contributed by atoms with van der Waals surface area (Å²) in [6.07, 6.45) is 0. The van der Waals surface area contributed by atoms with Crippen molar-refractivity contribution in [3.05, 3.63) is 0 Å². The minimum atomic E-state index is 0.124. The maximum Gasteiger partial charge on any atom is 0.123 e. The highest BCUT2D eigenvalue weighted by Gasteiger charge is 2.06. The molecule has 0 bridgehead atoms. The largest absolute Gasteiger partial charge is 0.395 e. The molecule has 0 aliphatic rings. The first kappa shape index (κ1) is 26.6. The molecular formula is C16H41N7O4. The molecule has 0 radical (unpaired) electrons. The Balaban J connectivity index is 3.71. The Morgan fingerprint density at radius 1 is 0.704 bits per heavy atom. The van der Waals surface area contributed by atoms with E-state index in [2.05, 4.69) is 20.8 Å². The van der Waals surface area contributed by atoms with Crippen molar-refractivity contribution in [1.82, 2.24) is 25.7 Å². The van der Waals surface area contributed by atoms with E-state index in [0.29, 0.717) is 52.7 Å². The number of rotatable bonds is 21. The molecule has 11 nitrogen and oxygen atoms in total. The van der Waals surface area contributed by atoms with Crippen LogP contribution in [0.5, 0.6) is 0 Å². The molecule has 0 heterocycles. The molecule has 0 rings (SSSR count). The summed E-state index contributed by atoms with van der Waals surface area (Å²) in [6, 6.07) is 0. The van der Waals surface area contributed by atoms with Gasteiger partial charge in [-0.15, -0.1) is 0 Å². The summed E-state index contributed by atoms with van der Waals surface area (Å²) in [5, 5.41) is 18.0. The zero-order valence-corrected chi connectivity index (χ0v) is 16.8. The normalized spacial score (nSPS) is 12.0. The van der Waals surface area contributed by atoms with Gasteiger partial charge in [-0.25, -0.2) is 0 Å². The summed E-state index contributed by atoms with van der Waals surface area (Å²) in [7, 11) is 0. The molecule has 0 aromatic rings. The van der Waals surface area contributed by atoms with Crippen LogP contribution < -0.4 is 22.4 Å². The predicted molar refractivity (Wildman–Crippen MR) is 105 cm³/mol. The topological polar surface area (TPSA) is 145 Å². The third kappa shape index (κ3) is 16.2. The van der Waals surface area contributed by atoms with Gasteiger partial charge in [0.05, 0.1) is 13.2 Å². The van der Waals surface area contributed by atoms with Gasteiger partial charge in [0.25, 0.3) is 0 Å². The molecule has 0 atom stereocenters. The maximum atomic E-state index is 9.00. The molecular weight excluding hydrogens is 354 g/mol. The van der Waals surface area contributed by atoms with Crippen molar-refractivity contribution in [2.45, 2.75) is 6.92 Å². The summed E-state index contributed by atoms with van der Waals surface area (Å²) in [6.45, 7) is 10.6. The van der Waals surface area contributed by atoms with Gasteiger partial charge in [0.2, 0.25) is 0 Å². The van der Waals surface area contributed by atoms with Crippen LogP contribution in [-0.2, 0) is 9.68 Å². The number of nitrogens with one attached hydrogen (secondary N) is 2. The number of nitrogens with two attached hydrogens (primary N) is 2. The van der Waals surface area contributed by atoms with E-state index in [1.54, 1.807) is 0 Å². The van der Waals surface area contributed by atoms with E-state index in [9.17, 15) is 0 Å². The monoisotopic (exact) mass is 395 g/mol. The molecule has 0 aromatic carbocycles. The minimum absolute atomic E-state index is 0.124. The van der Waals surface area contributed by atoms with E-state index in [0.717, 1.165) is 32.7 Å². The third-order valence-corrected chi connectivity index (χ3v) is 3.93. The number of nitrogens with zero attached hydrogens (tertiary/aromatic N) is 3. The van der Waals surface area contributed by atoms with Gasteiger partial charge in [-0.1, -0.05) is 6.92 Å². The lowest BCUT2D eigenvalue weighted by Crippen LogP contribution is -2.40. The van der Waals surface area contributed by atoms with Crippen LogP contribution in [0, 0.1) is 0 Å². The predicted octanol–water partition coefficient (Wildman–Crippen LogP) is -3.23. The highest BCUT2D eigenvalue weighted by atomic mass is 16.7. The summed E-state index contributed by atoms with van der Waals surface area (Å²) in [5.74, 6) is 0. The van der Waals surface area contributed by atoms with Crippen LogP contribution in [0.4, 0.5) is 0 Å². The molecule has 0 fully saturated rings. The van der Waals surface area contributed by atoms with Crippen molar-refractivity contribution in [3.63, 3.8) is 0 Å². The Labute approximate surface area is 163 Å². The van der Waals surface area contributed by atoms with Crippen molar-refractivity contribution in [2.24, 2.45) is 11.5 Å². The molecule has 0 aromatic heterocycles. The Morgan fingerprint density at radius 2 is 1.15 bits per heavy atom. The molecule has 0 spiro atoms. The standard InChI is InChI=1S/C16H41N7O4/c1-2-21(15-26-19-5-9-22(7-3-17)11-13-24)16-27-20-6-10-23(8-4-18)12-14-25/h19-20,24-25H,2-18H2,1H3. The summed E-state index contributed by atoms with van der Waals surface area (Å²) in [5.41, 5.74) is 16.9. The average molecular weight is 396 g/mol. The first-order chi connectivity index (χ1) is 13.2. The maximum absolute atomic E-state index is 9.00. The van der Waals surface area contributed by atoms with Gasteiger partial charge in [0, 0.05) is 65.4 Å². The van der Waals surface area contributed by atoms with E-state index in [1.165, 1.54) is 0 Å². The summed E-state index contributed by atoms with van der Waals surface area (Å²) >= 11 is 0. The Hall–Kier alpha value is -0.440. The second-order valence-corrected chi connectivity index (χ2v) is 6.03. The van der Waals surface area contributed by atoms with Gasteiger partial charge in [0.15, 0.2) is 0 Å². The van der Waals surface area contributed by atoms with E-state index in [4.69, 9.17) is 31.4 Å². The van der Waals surface area contributed by atoms with Crippen LogP contribution in [0.2, 0.25) is 0 Å². The lowest BCUT2D eigenvalue weighted by Gasteiger charge is -2.23. The van der Waals surface area contributed by atoms with E-state index in [-0.39, 0.29) is 13.2 Å². The van der Waals surface area contributed by atoms with Gasteiger partial charge >= 0.3 is 0 Å². The number of hydrogen-bond donors (Lipinski definition) is 6. The SMILES string of the molecule is CCN(CONCCN(CCN)CCO)CONCCN(CCN)CCO. The fraction of sp³-hybridized carbons (Fsp3) is 1.00. The first-order valence-corrected chi connectivity index (χ1v) is 9.69. The fourth-order valence-electron chi connectivity index (χ4n) is 2.36. The van der Waals surface area contributed by atoms with Crippen LogP contribution in [0.15, 0.2) is 0 Å². The van der Waals surface area contributed by atoms with Crippen molar-refractivity contribution in [3.8, 4) is 0 Å². The smallest absolute Gasteiger partial charge is 0.123 e. The van der Waals surface area contributed by atoms with Crippen LogP contribution in [0.1, 0.15) is 6.92 Å². The molecule has 0 saturated carbocycles. The number of aliphatic hydroxyl groups is 2. The van der Waals surface area contributed by atoms with Crippen molar-refractivity contribution < 1.29 is 19.9 Å². The van der Waals surface area contributed by atoms with E-state index < -0.39 is 0 Å². The quantitative estimate of drug-likeness (QED) is 0.0663. The summed E-state index contributed by atoms with van der Waals surface area (Å²) in [4.78, 5) is 17.0. The number of hydroxylamine groups is 2. The van der Waals surface area contributed by atoms with Gasteiger partial charge in [-0.2, -0.15) is 11.0 Å².